The predicted octanol–water partition coefficient (Wildman–Crippen LogP) is 2.02. The van der Waals surface area contributed by atoms with E-state index >= 15 is 0 Å². The highest BCUT2D eigenvalue weighted by atomic mass is 16.5. The van der Waals surface area contributed by atoms with E-state index in [1.807, 2.05) is 0 Å². The second-order valence-corrected chi connectivity index (χ2v) is 5.26. The minimum absolute atomic E-state index is 0.129. The number of H-pyrrole nitrogens is 1. The van der Waals surface area contributed by atoms with E-state index in [1.54, 1.807) is 12.1 Å². The SMILES string of the molecule is O=C(O)c1[nH]nnc1Oc1ccc(C#CC2CCCCC2)nn1. The zero-order valence-corrected chi connectivity index (χ0v) is 12.3. The highest BCUT2D eigenvalue weighted by Crippen LogP contribution is 2.23. The van der Waals surface area contributed by atoms with E-state index < -0.39 is 5.97 Å². The second-order valence-electron chi connectivity index (χ2n) is 5.26. The molecule has 0 spiro atoms. The van der Waals surface area contributed by atoms with Crippen LogP contribution in [-0.2, 0) is 0 Å². The fraction of sp³-hybridized carbons (Fsp3) is 0.400. The molecule has 8 heteroatoms. The molecule has 23 heavy (non-hydrogen) atoms. The van der Waals surface area contributed by atoms with Gasteiger partial charge in [-0.3, -0.25) is 0 Å². The minimum Gasteiger partial charge on any atom is -0.476 e. The highest BCUT2D eigenvalue weighted by Gasteiger charge is 2.17. The zero-order valence-electron chi connectivity index (χ0n) is 12.3. The number of carboxylic acids is 1. The number of hydrogen-bond donors (Lipinski definition) is 2. The van der Waals surface area contributed by atoms with Crippen LogP contribution < -0.4 is 4.74 Å². The molecule has 1 saturated carbocycles. The quantitative estimate of drug-likeness (QED) is 0.833. The lowest BCUT2D eigenvalue weighted by atomic mass is 9.90. The molecule has 0 unspecified atom stereocenters. The summed E-state index contributed by atoms with van der Waals surface area (Å²) in [5.74, 6) is 5.45. The molecule has 2 aromatic heterocycles. The lowest BCUT2D eigenvalue weighted by Gasteiger charge is -2.15. The Morgan fingerprint density at radius 3 is 2.74 bits per heavy atom. The van der Waals surface area contributed by atoms with Gasteiger partial charge in [-0.25, -0.2) is 9.89 Å². The van der Waals surface area contributed by atoms with E-state index in [-0.39, 0.29) is 17.5 Å². The third kappa shape index (κ3) is 3.83. The van der Waals surface area contributed by atoms with Crippen LogP contribution in [0.2, 0.25) is 0 Å². The monoisotopic (exact) mass is 313 g/mol. The standard InChI is InChI=1S/C15H15N5O3/c21-15(22)13-14(19-20-18-13)23-12-9-8-11(16-17-12)7-6-10-4-2-1-3-5-10/h8-10H,1-5H2,(H,21,22)(H,18,19,20). The van der Waals surface area contributed by atoms with Crippen LogP contribution in [0, 0.1) is 17.8 Å². The molecule has 1 aliphatic rings. The first-order valence-corrected chi connectivity index (χ1v) is 7.40. The van der Waals surface area contributed by atoms with Gasteiger partial charge in [-0.05, 0) is 24.8 Å². The van der Waals surface area contributed by atoms with E-state index in [2.05, 4.69) is 37.4 Å². The lowest BCUT2D eigenvalue weighted by molar-refractivity contribution is 0.0687. The molecular weight excluding hydrogens is 298 g/mol. The Balaban J connectivity index is 1.66. The van der Waals surface area contributed by atoms with Crippen molar-refractivity contribution in [2.45, 2.75) is 32.1 Å². The molecular formula is C15H15N5O3. The molecule has 2 aromatic rings. The van der Waals surface area contributed by atoms with Crippen molar-refractivity contribution in [1.82, 2.24) is 25.6 Å². The third-order valence-electron chi connectivity index (χ3n) is 3.58. The molecule has 0 bridgehead atoms. The molecule has 0 atom stereocenters. The van der Waals surface area contributed by atoms with Gasteiger partial charge in [-0.1, -0.05) is 35.5 Å². The van der Waals surface area contributed by atoms with Crippen LogP contribution in [0.4, 0.5) is 0 Å². The number of hydrogen-bond acceptors (Lipinski definition) is 6. The lowest BCUT2D eigenvalue weighted by Crippen LogP contribution is -2.03. The van der Waals surface area contributed by atoms with E-state index in [4.69, 9.17) is 9.84 Å². The normalized spacial score (nSPS) is 14.8. The number of carboxylic acid groups (broad SMARTS) is 1. The van der Waals surface area contributed by atoms with Crippen molar-refractivity contribution < 1.29 is 14.6 Å². The van der Waals surface area contributed by atoms with Crippen molar-refractivity contribution in [3.8, 4) is 23.6 Å². The van der Waals surface area contributed by atoms with Gasteiger partial charge in [0.2, 0.25) is 11.6 Å². The van der Waals surface area contributed by atoms with Gasteiger partial charge in [0.15, 0.2) is 0 Å². The summed E-state index contributed by atoms with van der Waals surface area (Å²) in [6, 6.07) is 3.25. The Kier molecular flexibility index (Phi) is 4.47. The minimum atomic E-state index is -1.21. The molecule has 0 aromatic carbocycles. The summed E-state index contributed by atoms with van der Waals surface area (Å²) in [7, 11) is 0. The zero-order chi connectivity index (χ0) is 16.1. The topological polar surface area (TPSA) is 114 Å². The van der Waals surface area contributed by atoms with Gasteiger partial charge in [-0.2, -0.15) is 0 Å². The molecule has 3 rings (SSSR count). The van der Waals surface area contributed by atoms with Crippen LogP contribution >= 0.6 is 0 Å². The van der Waals surface area contributed by atoms with Crippen molar-refractivity contribution in [3.05, 3.63) is 23.5 Å². The van der Waals surface area contributed by atoms with Gasteiger partial charge in [0, 0.05) is 12.0 Å². The molecule has 0 saturated heterocycles. The molecule has 0 radical (unpaired) electrons. The largest absolute Gasteiger partial charge is 0.476 e. The Morgan fingerprint density at radius 2 is 2.04 bits per heavy atom. The van der Waals surface area contributed by atoms with Crippen LogP contribution in [0.1, 0.15) is 48.3 Å². The summed E-state index contributed by atoms with van der Waals surface area (Å²) in [6.45, 7) is 0. The van der Waals surface area contributed by atoms with E-state index in [1.165, 1.54) is 19.3 Å². The number of ether oxygens (including phenoxy) is 1. The summed E-state index contributed by atoms with van der Waals surface area (Å²) in [6.07, 6.45) is 6.06. The average molecular weight is 313 g/mol. The summed E-state index contributed by atoms with van der Waals surface area (Å²) >= 11 is 0. The van der Waals surface area contributed by atoms with E-state index in [0.29, 0.717) is 11.6 Å². The Hall–Kier alpha value is -2.95. The molecule has 118 valence electrons. The number of aromatic carboxylic acids is 1. The molecule has 1 aliphatic carbocycles. The van der Waals surface area contributed by atoms with Crippen molar-refractivity contribution in [1.29, 1.82) is 0 Å². The van der Waals surface area contributed by atoms with Gasteiger partial charge in [0.25, 0.3) is 5.88 Å². The summed E-state index contributed by atoms with van der Waals surface area (Å²) in [5.41, 5.74) is 0.314. The van der Waals surface area contributed by atoms with Gasteiger partial charge >= 0.3 is 5.97 Å². The van der Waals surface area contributed by atoms with Gasteiger partial charge in [0.05, 0.1) is 0 Å². The van der Waals surface area contributed by atoms with E-state index in [0.717, 1.165) is 12.8 Å². The maximum absolute atomic E-state index is 10.9. The third-order valence-corrected chi connectivity index (χ3v) is 3.58. The fourth-order valence-electron chi connectivity index (χ4n) is 2.39. The Morgan fingerprint density at radius 1 is 1.22 bits per heavy atom. The van der Waals surface area contributed by atoms with Gasteiger partial charge in [0.1, 0.15) is 5.69 Å². The Bertz CT molecular complexity index is 738. The van der Waals surface area contributed by atoms with Crippen LogP contribution in [0.15, 0.2) is 12.1 Å². The molecule has 1 fully saturated rings. The predicted molar refractivity (Wildman–Crippen MR) is 78.9 cm³/mol. The Labute approximate surface area is 132 Å². The number of rotatable bonds is 3. The molecule has 0 aliphatic heterocycles. The van der Waals surface area contributed by atoms with Crippen LogP contribution in [-0.4, -0.2) is 36.7 Å². The summed E-state index contributed by atoms with van der Waals surface area (Å²) in [5, 5.41) is 25.9. The van der Waals surface area contributed by atoms with Gasteiger partial charge in [-0.15, -0.1) is 10.2 Å². The number of carbonyl (C=O) groups is 1. The van der Waals surface area contributed by atoms with E-state index in [9.17, 15) is 4.79 Å². The van der Waals surface area contributed by atoms with Crippen molar-refractivity contribution in [2.75, 3.05) is 0 Å². The first kappa shape index (κ1) is 15.0. The number of nitrogens with zero attached hydrogens (tertiary/aromatic N) is 4. The molecule has 0 amide bonds. The summed E-state index contributed by atoms with van der Waals surface area (Å²) < 4.78 is 5.25. The maximum atomic E-state index is 10.9. The van der Waals surface area contributed by atoms with Crippen LogP contribution in [0.3, 0.4) is 0 Å². The average Bonchev–Trinajstić information content (AvgIpc) is 3.04. The van der Waals surface area contributed by atoms with Crippen molar-refractivity contribution in [2.24, 2.45) is 5.92 Å². The number of aromatic nitrogens is 5. The summed E-state index contributed by atoms with van der Waals surface area (Å²) in [4.78, 5) is 10.9. The number of aromatic amines is 1. The first-order chi connectivity index (χ1) is 11.2. The number of nitrogens with one attached hydrogen (secondary N) is 1. The van der Waals surface area contributed by atoms with Crippen LogP contribution in [0.25, 0.3) is 0 Å². The second kappa shape index (κ2) is 6.87. The molecule has 2 N–H and O–H groups in total. The van der Waals surface area contributed by atoms with Crippen molar-refractivity contribution >= 4 is 5.97 Å². The van der Waals surface area contributed by atoms with Crippen molar-refractivity contribution in [3.63, 3.8) is 0 Å². The fourth-order valence-corrected chi connectivity index (χ4v) is 2.39. The van der Waals surface area contributed by atoms with Gasteiger partial charge < -0.3 is 9.84 Å². The molecule has 2 heterocycles. The smallest absolute Gasteiger partial charge is 0.359 e. The molecule has 8 nitrogen and oxygen atoms in total. The first-order valence-electron chi connectivity index (χ1n) is 7.40. The highest BCUT2D eigenvalue weighted by molar-refractivity contribution is 5.87. The maximum Gasteiger partial charge on any atom is 0.359 e. The van der Waals surface area contributed by atoms with Crippen LogP contribution in [0.5, 0.6) is 11.8 Å².